The van der Waals surface area contributed by atoms with Gasteiger partial charge in [-0.05, 0) is 19.1 Å². The Hall–Kier alpha value is -2.24. The lowest BCUT2D eigenvalue weighted by Crippen LogP contribution is -3.10. The van der Waals surface area contributed by atoms with Crippen molar-refractivity contribution in [3.63, 3.8) is 0 Å². The van der Waals surface area contributed by atoms with E-state index in [1.165, 1.54) is 10.5 Å². The Morgan fingerprint density at radius 3 is 2.35 bits per heavy atom. The van der Waals surface area contributed by atoms with Crippen molar-refractivity contribution in [1.29, 1.82) is 0 Å². The molecule has 0 bridgehead atoms. The highest BCUT2D eigenvalue weighted by Gasteiger charge is 2.11. The maximum absolute atomic E-state index is 11.0. The number of nitrogens with zero attached hydrogens (tertiary/aromatic N) is 1. The van der Waals surface area contributed by atoms with Gasteiger partial charge in [0.25, 0.3) is 0 Å². The van der Waals surface area contributed by atoms with Crippen LogP contribution in [0.2, 0.25) is 0 Å². The van der Waals surface area contributed by atoms with Gasteiger partial charge in [0.2, 0.25) is 0 Å². The van der Waals surface area contributed by atoms with Crippen LogP contribution in [-0.4, -0.2) is 24.0 Å². The van der Waals surface area contributed by atoms with Crippen molar-refractivity contribution in [1.82, 2.24) is 4.98 Å². The Morgan fingerprint density at radius 2 is 1.87 bits per heavy atom. The topological polar surface area (TPSA) is 57.5 Å². The number of rotatable bonds is 8. The zero-order chi connectivity index (χ0) is 16.8. The molecule has 2 aromatic rings. The van der Waals surface area contributed by atoms with Gasteiger partial charge in [-0.25, -0.2) is 4.98 Å². The number of aryl methyl sites for hydroxylation is 1. The second-order valence-electron chi connectivity index (χ2n) is 5.33. The van der Waals surface area contributed by atoms with Gasteiger partial charge >= 0.3 is 0 Å². The number of carbonyl (C=O) groups excluding carboxylic acids is 1. The zero-order valence-electron chi connectivity index (χ0n) is 13.2. The fourth-order valence-electron chi connectivity index (χ4n) is 2.40. The fraction of sp³-hybridized carbons (Fsp3) is 0.222. The van der Waals surface area contributed by atoms with Crippen LogP contribution in [0.1, 0.15) is 20.9 Å². The van der Waals surface area contributed by atoms with Crippen LogP contribution in [0, 0.1) is 6.92 Å². The van der Waals surface area contributed by atoms with Crippen LogP contribution >= 0.6 is 11.3 Å². The van der Waals surface area contributed by atoms with Crippen LogP contribution in [0.25, 0.3) is 10.6 Å². The van der Waals surface area contributed by atoms with E-state index in [1.807, 2.05) is 24.3 Å². The van der Waals surface area contributed by atoms with Crippen LogP contribution < -0.4 is 10.0 Å². The molecule has 0 aliphatic carbocycles. The van der Waals surface area contributed by atoms with Crippen LogP contribution in [-0.2, 0) is 6.54 Å². The second-order valence-corrected chi connectivity index (χ2v) is 6.33. The third-order valence-corrected chi connectivity index (χ3v) is 4.69. The van der Waals surface area contributed by atoms with Gasteiger partial charge in [-0.15, -0.1) is 11.3 Å². The summed E-state index contributed by atoms with van der Waals surface area (Å²) < 4.78 is 0. The Kier molecular flexibility index (Phi) is 5.84. The third-order valence-electron chi connectivity index (χ3n) is 3.50. The first kappa shape index (κ1) is 17.1. The predicted molar refractivity (Wildman–Crippen MR) is 91.4 cm³/mol. The molecule has 23 heavy (non-hydrogen) atoms. The molecule has 0 aliphatic heterocycles. The first-order valence-corrected chi connectivity index (χ1v) is 8.20. The molecule has 0 amide bonds. The van der Waals surface area contributed by atoms with E-state index in [4.69, 9.17) is 0 Å². The summed E-state index contributed by atoms with van der Waals surface area (Å²) in [7, 11) is 0. The van der Waals surface area contributed by atoms with Crippen LogP contribution in [0.4, 0.5) is 0 Å². The smallest absolute Gasteiger partial charge is 0.124 e. The van der Waals surface area contributed by atoms with Crippen molar-refractivity contribution in [2.45, 2.75) is 13.5 Å². The number of hydrogen-bond donors (Lipinski definition) is 1. The molecular formula is C18H20N2O2S. The molecule has 0 fully saturated rings. The minimum Gasteiger partial charge on any atom is -0.544 e. The summed E-state index contributed by atoms with van der Waals surface area (Å²) in [6, 6.07) is 8.06. The SMILES string of the molecule is C=CC[NH+](CC=C)Cc1ccc(-c2nc(C)c(C(=O)[O-])s2)cc1. The largest absolute Gasteiger partial charge is 0.544 e. The first-order valence-electron chi connectivity index (χ1n) is 7.38. The minimum atomic E-state index is -1.17. The molecular weight excluding hydrogens is 308 g/mol. The molecule has 4 nitrogen and oxygen atoms in total. The molecule has 0 saturated carbocycles. The van der Waals surface area contributed by atoms with E-state index in [1.54, 1.807) is 6.92 Å². The summed E-state index contributed by atoms with van der Waals surface area (Å²) in [5.41, 5.74) is 2.63. The standard InChI is InChI=1S/C18H20N2O2S/c1-4-10-20(11-5-2)12-14-6-8-15(9-7-14)17-19-13(3)16(23-17)18(21)22/h4-9H,1-2,10-12H2,3H3,(H,21,22). The van der Waals surface area contributed by atoms with Gasteiger partial charge < -0.3 is 14.8 Å². The van der Waals surface area contributed by atoms with Gasteiger partial charge in [-0.2, -0.15) is 0 Å². The molecule has 0 saturated heterocycles. The van der Waals surface area contributed by atoms with Gasteiger partial charge in [0.05, 0.1) is 29.6 Å². The normalized spacial score (nSPS) is 10.7. The fourth-order valence-corrected chi connectivity index (χ4v) is 3.31. The Bertz CT molecular complexity index is 694. The van der Waals surface area contributed by atoms with Crippen molar-refractivity contribution < 1.29 is 14.8 Å². The number of benzene rings is 1. The number of nitrogens with one attached hydrogen (secondary N) is 1. The lowest BCUT2D eigenvalue weighted by molar-refractivity contribution is -0.902. The summed E-state index contributed by atoms with van der Waals surface area (Å²) in [6.45, 7) is 11.9. The molecule has 1 heterocycles. The lowest BCUT2D eigenvalue weighted by atomic mass is 10.1. The molecule has 1 N–H and O–H groups in total. The van der Waals surface area contributed by atoms with Crippen molar-refractivity contribution in [3.05, 3.63) is 65.7 Å². The van der Waals surface area contributed by atoms with Gasteiger partial charge in [-0.1, -0.05) is 37.4 Å². The summed E-state index contributed by atoms with van der Waals surface area (Å²) in [5, 5.41) is 11.7. The summed E-state index contributed by atoms with van der Waals surface area (Å²) >= 11 is 1.15. The lowest BCUT2D eigenvalue weighted by Gasteiger charge is -2.16. The van der Waals surface area contributed by atoms with E-state index in [9.17, 15) is 9.90 Å². The van der Waals surface area contributed by atoms with Gasteiger partial charge in [0.1, 0.15) is 11.6 Å². The first-order chi connectivity index (χ1) is 11.0. The summed E-state index contributed by atoms with van der Waals surface area (Å²) in [6.07, 6.45) is 3.82. The molecule has 0 unspecified atom stereocenters. The van der Waals surface area contributed by atoms with Crippen LogP contribution in [0.5, 0.6) is 0 Å². The van der Waals surface area contributed by atoms with Crippen molar-refractivity contribution in [2.75, 3.05) is 13.1 Å². The van der Waals surface area contributed by atoms with E-state index < -0.39 is 5.97 Å². The number of hydrogen-bond acceptors (Lipinski definition) is 4. The number of aromatic carboxylic acids is 1. The van der Waals surface area contributed by atoms with E-state index >= 15 is 0 Å². The zero-order valence-corrected chi connectivity index (χ0v) is 14.0. The Balaban J connectivity index is 2.15. The van der Waals surface area contributed by atoms with E-state index in [-0.39, 0.29) is 4.88 Å². The third kappa shape index (κ3) is 4.37. The number of quaternary nitrogens is 1. The summed E-state index contributed by atoms with van der Waals surface area (Å²) in [5.74, 6) is -1.17. The second kappa shape index (κ2) is 7.85. The number of carbonyl (C=O) groups is 1. The molecule has 1 aromatic heterocycles. The maximum atomic E-state index is 11.0. The van der Waals surface area contributed by atoms with E-state index in [0.29, 0.717) is 10.7 Å². The average molecular weight is 328 g/mol. The van der Waals surface area contributed by atoms with E-state index in [0.717, 1.165) is 36.5 Å². The van der Waals surface area contributed by atoms with Crippen LogP contribution in [0.3, 0.4) is 0 Å². The van der Waals surface area contributed by atoms with Gasteiger partial charge in [0.15, 0.2) is 0 Å². The van der Waals surface area contributed by atoms with Crippen molar-refractivity contribution >= 4 is 17.3 Å². The maximum Gasteiger partial charge on any atom is 0.124 e. The molecule has 0 aliphatic rings. The monoisotopic (exact) mass is 328 g/mol. The molecule has 0 radical (unpaired) electrons. The highest BCUT2D eigenvalue weighted by Crippen LogP contribution is 2.27. The van der Waals surface area contributed by atoms with Crippen molar-refractivity contribution in [3.8, 4) is 10.6 Å². The van der Waals surface area contributed by atoms with Gasteiger partial charge in [0, 0.05) is 11.1 Å². The summed E-state index contributed by atoms with van der Waals surface area (Å²) in [4.78, 5) is 16.9. The highest BCUT2D eigenvalue weighted by molar-refractivity contribution is 7.17. The number of thiazole rings is 1. The van der Waals surface area contributed by atoms with Crippen LogP contribution in [0.15, 0.2) is 49.6 Å². The quantitative estimate of drug-likeness (QED) is 0.742. The molecule has 1 aromatic carbocycles. The molecule has 2 rings (SSSR count). The number of aromatic nitrogens is 1. The number of carboxylic acids is 1. The average Bonchev–Trinajstić information content (AvgIpc) is 2.91. The highest BCUT2D eigenvalue weighted by atomic mass is 32.1. The Labute approximate surface area is 140 Å². The van der Waals surface area contributed by atoms with Crippen molar-refractivity contribution in [2.24, 2.45) is 0 Å². The molecule has 5 heteroatoms. The minimum absolute atomic E-state index is 0.191. The van der Waals surface area contributed by atoms with E-state index in [2.05, 4.69) is 30.3 Å². The van der Waals surface area contributed by atoms with Gasteiger partial charge in [-0.3, -0.25) is 0 Å². The number of carboxylic acid groups (broad SMARTS) is 1. The molecule has 120 valence electrons. The molecule has 0 spiro atoms. The predicted octanol–water partition coefficient (Wildman–Crippen LogP) is 1.24. The molecule has 0 atom stereocenters. The Morgan fingerprint density at radius 1 is 1.26 bits per heavy atom.